The summed E-state index contributed by atoms with van der Waals surface area (Å²) in [6.07, 6.45) is 25.8. The smallest absolute Gasteiger partial charge is 0.119 e. The lowest BCUT2D eigenvalue weighted by Crippen LogP contribution is -1.84. The molecular weight excluding hydrogens is 332 g/mol. The molecule has 2 heteroatoms. The Labute approximate surface area is 165 Å². The van der Waals surface area contributed by atoms with Crippen LogP contribution in [0.25, 0.3) is 6.08 Å². The molecule has 0 saturated heterocycles. The maximum absolute atomic E-state index is 9.53. The summed E-state index contributed by atoms with van der Waals surface area (Å²) >= 11 is 0. The van der Waals surface area contributed by atoms with Gasteiger partial charge < -0.3 is 10.2 Å². The van der Waals surface area contributed by atoms with E-state index in [1.165, 1.54) is 82.3 Å². The number of rotatable bonds is 13. The molecule has 2 rings (SSSR count). The summed E-state index contributed by atoms with van der Waals surface area (Å²) in [6.45, 7) is 2.27. The summed E-state index contributed by atoms with van der Waals surface area (Å²) in [6, 6.07) is 4.66. The molecule has 27 heavy (non-hydrogen) atoms. The second kappa shape index (κ2) is 12.4. The van der Waals surface area contributed by atoms with Crippen molar-refractivity contribution in [2.24, 2.45) is 5.92 Å². The number of benzene rings is 1. The number of hydrogen-bond donors (Lipinski definition) is 2. The van der Waals surface area contributed by atoms with Gasteiger partial charge >= 0.3 is 0 Å². The van der Waals surface area contributed by atoms with Crippen molar-refractivity contribution >= 4 is 6.08 Å². The predicted molar refractivity (Wildman–Crippen MR) is 116 cm³/mol. The van der Waals surface area contributed by atoms with Crippen LogP contribution in [0.3, 0.4) is 0 Å². The quantitative estimate of drug-likeness (QED) is 0.353. The topological polar surface area (TPSA) is 40.5 Å². The highest BCUT2D eigenvalue weighted by Gasteiger charge is 2.06. The molecule has 0 spiro atoms. The summed E-state index contributed by atoms with van der Waals surface area (Å²) in [5.74, 6) is 0.496. The largest absolute Gasteiger partial charge is 0.508 e. The van der Waals surface area contributed by atoms with Crippen molar-refractivity contribution in [1.29, 1.82) is 0 Å². The standard InChI is InChI=1S/C25H36O2/c1-2-3-4-5-6-7-8-9-10-11-12-21-13-14-22(17-21)15-16-23-18-24(26)20-25(27)19-23/h13-20,22,26-27H,2-12H2,1H3/b16-15+. The van der Waals surface area contributed by atoms with Gasteiger partial charge in [0.25, 0.3) is 0 Å². The number of hydrogen-bond acceptors (Lipinski definition) is 2. The van der Waals surface area contributed by atoms with Crippen molar-refractivity contribution in [2.75, 3.05) is 0 Å². The first-order valence-corrected chi connectivity index (χ1v) is 10.8. The summed E-state index contributed by atoms with van der Waals surface area (Å²) in [5.41, 5.74) is 2.25. The zero-order valence-corrected chi connectivity index (χ0v) is 16.9. The molecule has 1 unspecified atom stereocenters. The molecule has 2 N–H and O–H groups in total. The Hall–Kier alpha value is -1.96. The molecule has 0 heterocycles. The highest BCUT2D eigenvalue weighted by atomic mass is 16.3. The number of phenolic OH excluding ortho intramolecular Hbond substituents is 2. The highest BCUT2D eigenvalue weighted by molar-refractivity contribution is 5.56. The normalized spacial score (nSPS) is 16.3. The number of phenols is 2. The van der Waals surface area contributed by atoms with Crippen molar-refractivity contribution in [2.45, 2.75) is 77.6 Å². The van der Waals surface area contributed by atoms with Crippen LogP contribution in [0, 0.1) is 5.92 Å². The molecule has 0 amide bonds. The van der Waals surface area contributed by atoms with Crippen LogP contribution in [0.4, 0.5) is 0 Å². The molecule has 1 atom stereocenters. The Morgan fingerprint density at radius 1 is 0.815 bits per heavy atom. The minimum Gasteiger partial charge on any atom is -0.508 e. The average molecular weight is 369 g/mol. The van der Waals surface area contributed by atoms with Crippen molar-refractivity contribution < 1.29 is 10.2 Å². The van der Waals surface area contributed by atoms with Crippen LogP contribution in [0.5, 0.6) is 11.5 Å². The maximum atomic E-state index is 9.53. The van der Waals surface area contributed by atoms with Crippen LogP contribution in [-0.4, -0.2) is 10.2 Å². The van der Waals surface area contributed by atoms with Gasteiger partial charge in [0, 0.05) is 12.0 Å². The molecule has 1 aliphatic carbocycles. The third-order valence-electron chi connectivity index (χ3n) is 5.19. The van der Waals surface area contributed by atoms with E-state index in [1.54, 1.807) is 12.1 Å². The minimum atomic E-state index is 0.0915. The Bertz CT molecular complexity index is 619. The molecule has 2 nitrogen and oxygen atoms in total. The third kappa shape index (κ3) is 8.99. The predicted octanol–water partition coefficient (Wildman–Crippen LogP) is 7.53. The van der Waals surface area contributed by atoms with E-state index >= 15 is 0 Å². The second-order valence-corrected chi connectivity index (χ2v) is 7.75. The van der Waals surface area contributed by atoms with Gasteiger partial charge in [0.1, 0.15) is 11.5 Å². The van der Waals surface area contributed by atoms with Crippen LogP contribution in [0.1, 0.15) is 83.1 Å². The van der Waals surface area contributed by atoms with Gasteiger partial charge in [-0.1, -0.05) is 101 Å². The molecule has 0 radical (unpaired) electrons. The monoisotopic (exact) mass is 368 g/mol. The molecule has 1 aromatic carbocycles. The Kier molecular flexibility index (Phi) is 9.83. The van der Waals surface area contributed by atoms with Crippen LogP contribution in [0.15, 0.2) is 48.1 Å². The van der Waals surface area contributed by atoms with Gasteiger partial charge in [-0.2, -0.15) is 0 Å². The summed E-state index contributed by atoms with van der Waals surface area (Å²) in [7, 11) is 0. The van der Waals surface area contributed by atoms with Gasteiger partial charge in [-0.25, -0.2) is 0 Å². The molecule has 0 bridgehead atoms. The fraction of sp³-hybridized carbons (Fsp3) is 0.520. The van der Waals surface area contributed by atoms with E-state index in [2.05, 4.69) is 31.2 Å². The van der Waals surface area contributed by atoms with Crippen molar-refractivity contribution in [3.05, 3.63) is 53.6 Å². The molecule has 0 aliphatic heterocycles. The van der Waals surface area contributed by atoms with E-state index in [0.717, 1.165) is 5.56 Å². The fourth-order valence-electron chi connectivity index (χ4n) is 3.63. The van der Waals surface area contributed by atoms with Gasteiger partial charge in [-0.3, -0.25) is 0 Å². The van der Waals surface area contributed by atoms with Gasteiger partial charge in [-0.05, 0) is 30.5 Å². The summed E-state index contributed by atoms with van der Waals surface area (Å²) < 4.78 is 0. The number of allylic oxidation sites excluding steroid dienone is 5. The third-order valence-corrected chi connectivity index (χ3v) is 5.19. The molecule has 0 aromatic heterocycles. The average Bonchev–Trinajstić information content (AvgIpc) is 3.09. The Balaban J connectivity index is 1.58. The SMILES string of the molecule is CCCCCCCCCCCCC1=CC(/C=C/c2cc(O)cc(O)c2)C=C1. The van der Waals surface area contributed by atoms with E-state index in [1.807, 2.05) is 6.08 Å². The lowest BCUT2D eigenvalue weighted by Gasteiger charge is -2.03. The lowest BCUT2D eigenvalue weighted by atomic mass is 10.0. The van der Waals surface area contributed by atoms with E-state index in [-0.39, 0.29) is 11.5 Å². The summed E-state index contributed by atoms with van der Waals surface area (Å²) in [4.78, 5) is 0. The van der Waals surface area contributed by atoms with E-state index in [4.69, 9.17) is 0 Å². The van der Waals surface area contributed by atoms with Gasteiger partial charge in [0.2, 0.25) is 0 Å². The van der Waals surface area contributed by atoms with Gasteiger partial charge in [0.05, 0.1) is 0 Å². The zero-order valence-electron chi connectivity index (χ0n) is 16.9. The molecule has 148 valence electrons. The molecular formula is C25H36O2. The first kappa shape index (κ1) is 21.3. The second-order valence-electron chi connectivity index (χ2n) is 7.75. The zero-order chi connectivity index (χ0) is 19.3. The van der Waals surface area contributed by atoms with E-state index < -0.39 is 0 Å². The van der Waals surface area contributed by atoms with Crippen LogP contribution < -0.4 is 0 Å². The first-order chi connectivity index (χ1) is 13.2. The van der Waals surface area contributed by atoms with Crippen molar-refractivity contribution in [3.8, 4) is 11.5 Å². The van der Waals surface area contributed by atoms with Crippen LogP contribution >= 0.6 is 0 Å². The molecule has 0 saturated carbocycles. The Morgan fingerprint density at radius 2 is 1.41 bits per heavy atom. The summed E-state index contributed by atoms with van der Waals surface area (Å²) in [5, 5.41) is 19.1. The number of aromatic hydroxyl groups is 2. The highest BCUT2D eigenvalue weighted by Crippen LogP contribution is 2.25. The first-order valence-electron chi connectivity index (χ1n) is 10.8. The van der Waals surface area contributed by atoms with Gasteiger partial charge in [0.15, 0.2) is 0 Å². The minimum absolute atomic E-state index is 0.0915. The molecule has 0 fully saturated rings. The van der Waals surface area contributed by atoms with Crippen molar-refractivity contribution in [1.82, 2.24) is 0 Å². The Morgan fingerprint density at radius 3 is 2.04 bits per heavy atom. The fourth-order valence-corrected chi connectivity index (χ4v) is 3.63. The van der Waals surface area contributed by atoms with Crippen LogP contribution in [-0.2, 0) is 0 Å². The number of unbranched alkanes of at least 4 members (excludes halogenated alkanes) is 9. The van der Waals surface area contributed by atoms with Gasteiger partial charge in [-0.15, -0.1) is 0 Å². The van der Waals surface area contributed by atoms with E-state index in [0.29, 0.717) is 5.92 Å². The molecule has 1 aliphatic rings. The van der Waals surface area contributed by atoms with E-state index in [9.17, 15) is 10.2 Å². The lowest BCUT2D eigenvalue weighted by molar-refractivity contribution is 0.450. The van der Waals surface area contributed by atoms with Crippen LogP contribution in [0.2, 0.25) is 0 Å². The maximum Gasteiger partial charge on any atom is 0.119 e. The van der Waals surface area contributed by atoms with Crippen molar-refractivity contribution in [3.63, 3.8) is 0 Å². The molecule has 1 aromatic rings.